The summed E-state index contributed by atoms with van der Waals surface area (Å²) in [5.74, 6) is 0.968. The molecule has 0 unspecified atom stereocenters. The molecule has 3 rings (SSSR count). The van der Waals surface area contributed by atoms with Crippen molar-refractivity contribution < 1.29 is 14.3 Å². The van der Waals surface area contributed by atoms with Crippen LogP contribution in [0.2, 0.25) is 0 Å². The summed E-state index contributed by atoms with van der Waals surface area (Å²) in [5.41, 5.74) is 2.48. The van der Waals surface area contributed by atoms with E-state index in [4.69, 9.17) is 9.47 Å². The fourth-order valence-corrected chi connectivity index (χ4v) is 2.49. The second-order valence-electron chi connectivity index (χ2n) is 5.75. The molecule has 3 heteroatoms. The van der Waals surface area contributed by atoms with E-state index in [1.165, 1.54) is 0 Å². The summed E-state index contributed by atoms with van der Waals surface area (Å²) >= 11 is 0. The Labute approximate surface area is 153 Å². The first-order chi connectivity index (χ1) is 12.8. The van der Waals surface area contributed by atoms with Crippen molar-refractivity contribution in [3.8, 4) is 5.75 Å². The number of Topliss-reactive ketones (excluding diaryl/α,β-unsaturated/α-hetero) is 1. The van der Waals surface area contributed by atoms with Crippen LogP contribution in [0.1, 0.15) is 21.5 Å². The van der Waals surface area contributed by atoms with Crippen LogP contribution < -0.4 is 4.74 Å². The number of methoxy groups -OCH3 is 1. The monoisotopic (exact) mass is 344 g/mol. The van der Waals surface area contributed by atoms with Crippen LogP contribution in [0.5, 0.6) is 5.75 Å². The van der Waals surface area contributed by atoms with Gasteiger partial charge in [-0.05, 0) is 29.3 Å². The number of rotatable bonds is 7. The van der Waals surface area contributed by atoms with Crippen LogP contribution in [0.3, 0.4) is 0 Å². The van der Waals surface area contributed by atoms with Crippen LogP contribution in [-0.2, 0) is 11.3 Å². The first-order valence-corrected chi connectivity index (χ1v) is 8.38. The average Bonchev–Trinajstić information content (AvgIpc) is 2.72. The van der Waals surface area contributed by atoms with Gasteiger partial charge in [0, 0.05) is 5.56 Å². The van der Waals surface area contributed by atoms with Crippen molar-refractivity contribution >= 4 is 11.9 Å². The Bertz CT molecular complexity index is 866. The van der Waals surface area contributed by atoms with Gasteiger partial charge in [-0.2, -0.15) is 0 Å². The third kappa shape index (κ3) is 4.61. The topological polar surface area (TPSA) is 35.5 Å². The molecule has 3 aromatic carbocycles. The molecule has 0 aromatic heterocycles. The molecule has 0 radical (unpaired) electrons. The van der Waals surface area contributed by atoms with Gasteiger partial charge in [-0.25, -0.2) is 0 Å². The molecule has 0 bridgehead atoms. The van der Waals surface area contributed by atoms with Gasteiger partial charge in [-0.15, -0.1) is 0 Å². The van der Waals surface area contributed by atoms with E-state index in [2.05, 4.69) is 0 Å². The van der Waals surface area contributed by atoms with Crippen molar-refractivity contribution in [3.05, 3.63) is 107 Å². The second kappa shape index (κ2) is 8.67. The lowest BCUT2D eigenvalue weighted by Crippen LogP contribution is -2.07. The molecule has 0 aliphatic carbocycles. The van der Waals surface area contributed by atoms with Crippen LogP contribution in [0.25, 0.3) is 6.08 Å². The van der Waals surface area contributed by atoms with Gasteiger partial charge < -0.3 is 9.47 Å². The van der Waals surface area contributed by atoms with Gasteiger partial charge in [-0.1, -0.05) is 72.8 Å². The van der Waals surface area contributed by atoms with Crippen molar-refractivity contribution in [2.45, 2.75) is 6.61 Å². The maximum atomic E-state index is 12.9. The van der Waals surface area contributed by atoms with Crippen molar-refractivity contribution in [1.82, 2.24) is 0 Å². The molecule has 0 N–H and O–H groups in total. The molecule has 26 heavy (non-hydrogen) atoms. The average molecular weight is 344 g/mol. The zero-order valence-electron chi connectivity index (χ0n) is 14.6. The summed E-state index contributed by atoms with van der Waals surface area (Å²) in [6.45, 7) is 0.307. The van der Waals surface area contributed by atoms with Gasteiger partial charge in [0.05, 0.1) is 7.11 Å². The quantitative estimate of drug-likeness (QED) is 0.338. The van der Waals surface area contributed by atoms with Gasteiger partial charge in [0.1, 0.15) is 12.4 Å². The molecular weight excluding hydrogens is 324 g/mol. The molecule has 0 fully saturated rings. The zero-order valence-corrected chi connectivity index (χ0v) is 14.6. The highest BCUT2D eigenvalue weighted by atomic mass is 16.5. The van der Waals surface area contributed by atoms with Crippen molar-refractivity contribution in [1.29, 1.82) is 0 Å². The van der Waals surface area contributed by atoms with Gasteiger partial charge in [-0.3, -0.25) is 4.79 Å². The number of hydrogen-bond donors (Lipinski definition) is 0. The molecule has 0 saturated heterocycles. The number of carbonyl (C=O) groups is 1. The Morgan fingerprint density at radius 2 is 1.46 bits per heavy atom. The third-order valence-corrected chi connectivity index (χ3v) is 3.91. The minimum absolute atomic E-state index is 0.136. The van der Waals surface area contributed by atoms with Crippen molar-refractivity contribution in [2.75, 3.05) is 7.11 Å². The van der Waals surface area contributed by atoms with Crippen LogP contribution in [0, 0.1) is 0 Å². The van der Waals surface area contributed by atoms with Crippen LogP contribution in [0.15, 0.2) is 90.7 Å². The Hall–Kier alpha value is -3.33. The largest absolute Gasteiger partial charge is 0.497 e. The van der Waals surface area contributed by atoms with Crippen LogP contribution in [-0.4, -0.2) is 12.9 Å². The lowest BCUT2D eigenvalue weighted by Gasteiger charge is -2.11. The molecule has 130 valence electrons. The van der Waals surface area contributed by atoms with Crippen molar-refractivity contribution in [2.24, 2.45) is 0 Å². The van der Waals surface area contributed by atoms with E-state index in [1.54, 1.807) is 25.3 Å². The van der Waals surface area contributed by atoms with Gasteiger partial charge in [0.2, 0.25) is 5.78 Å². The molecule has 0 atom stereocenters. The number of benzene rings is 3. The number of ether oxygens (including phenoxy) is 2. The molecule has 0 aliphatic rings. The summed E-state index contributed by atoms with van der Waals surface area (Å²) < 4.78 is 11.1. The first-order valence-electron chi connectivity index (χ1n) is 8.38. The molecule has 0 amide bonds. The highest BCUT2D eigenvalue weighted by molar-refractivity contribution is 6.09. The summed E-state index contributed by atoms with van der Waals surface area (Å²) in [7, 11) is 1.63. The fraction of sp³-hybridized carbons (Fsp3) is 0.0870. The van der Waals surface area contributed by atoms with E-state index >= 15 is 0 Å². The molecule has 0 saturated carbocycles. The zero-order chi connectivity index (χ0) is 18.2. The fourth-order valence-electron chi connectivity index (χ4n) is 2.49. The molecule has 0 aliphatic heterocycles. The SMILES string of the molecule is COc1ccc(COC(=Cc2ccccc2)C(=O)c2ccccc2)cc1. The Morgan fingerprint density at radius 1 is 0.846 bits per heavy atom. The van der Waals surface area contributed by atoms with Crippen molar-refractivity contribution in [3.63, 3.8) is 0 Å². The summed E-state index contributed by atoms with van der Waals surface area (Å²) in [6.07, 6.45) is 1.78. The Balaban J connectivity index is 1.83. The van der Waals surface area contributed by atoms with Gasteiger partial charge >= 0.3 is 0 Å². The standard InChI is InChI=1S/C23H20O3/c1-25-21-14-12-19(13-15-21)17-26-22(16-18-8-4-2-5-9-18)23(24)20-10-6-3-7-11-20/h2-16H,17H2,1H3. The van der Waals surface area contributed by atoms with Gasteiger partial charge in [0.15, 0.2) is 5.76 Å². The van der Waals surface area contributed by atoms with E-state index in [-0.39, 0.29) is 5.78 Å². The number of allylic oxidation sites excluding steroid dienone is 1. The maximum Gasteiger partial charge on any atom is 0.227 e. The smallest absolute Gasteiger partial charge is 0.227 e. The number of carbonyl (C=O) groups excluding carboxylic acids is 1. The van der Waals surface area contributed by atoms with E-state index in [1.807, 2.05) is 72.8 Å². The normalized spacial score (nSPS) is 11.0. The minimum atomic E-state index is -0.136. The first kappa shape index (κ1) is 17.5. The molecular formula is C23H20O3. The Morgan fingerprint density at radius 3 is 2.08 bits per heavy atom. The molecule has 0 spiro atoms. The molecule has 3 aromatic rings. The summed E-state index contributed by atoms with van der Waals surface area (Å²) in [6, 6.07) is 26.4. The lowest BCUT2D eigenvalue weighted by molar-refractivity contribution is 0.0910. The molecule has 3 nitrogen and oxygen atoms in total. The predicted molar refractivity (Wildman–Crippen MR) is 103 cm³/mol. The maximum absolute atomic E-state index is 12.9. The highest BCUT2D eigenvalue weighted by Gasteiger charge is 2.14. The molecule has 0 heterocycles. The second-order valence-corrected chi connectivity index (χ2v) is 5.75. The number of hydrogen-bond acceptors (Lipinski definition) is 3. The predicted octanol–water partition coefficient (Wildman–Crippen LogP) is 5.14. The third-order valence-electron chi connectivity index (χ3n) is 3.91. The van der Waals surface area contributed by atoms with Crippen LogP contribution >= 0.6 is 0 Å². The van der Waals surface area contributed by atoms with E-state index in [9.17, 15) is 4.79 Å². The summed E-state index contributed by atoms with van der Waals surface area (Å²) in [4.78, 5) is 12.9. The van der Waals surface area contributed by atoms with E-state index in [0.29, 0.717) is 17.9 Å². The highest BCUT2D eigenvalue weighted by Crippen LogP contribution is 2.18. The minimum Gasteiger partial charge on any atom is -0.497 e. The van der Waals surface area contributed by atoms with Crippen LogP contribution in [0.4, 0.5) is 0 Å². The van der Waals surface area contributed by atoms with Gasteiger partial charge in [0.25, 0.3) is 0 Å². The summed E-state index contributed by atoms with van der Waals surface area (Å²) in [5, 5.41) is 0. The van der Waals surface area contributed by atoms with E-state index < -0.39 is 0 Å². The lowest BCUT2D eigenvalue weighted by atomic mass is 10.1. The number of ketones is 1. The van der Waals surface area contributed by atoms with E-state index in [0.717, 1.165) is 16.9 Å². The Kier molecular flexibility index (Phi) is 5.84.